The number of likely N-dealkylation sites (tertiary alicyclic amines) is 1. The second-order valence-corrected chi connectivity index (χ2v) is 6.34. The van der Waals surface area contributed by atoms with E-state index in [0.29, 0.717) is 12.0 Å². The zero-order valence-corrected chi connectivity index (χ0v) is 13.5. The second-order valence-electron chi connectivity index (χ2n) is 6.34. The van der Waals surface area contributed by atoms with E-state index in [1.165, 1.54) is 12.0 Å². The Bertz CT molecular complexity index is 443. The van der Waals surface area contributed by atoms with Crippen LogP contribution in [0.1, 0.15) is 12.0 Å². The van der Waals surface area contributed by atoms with Crippen molar-refractivity contribution in [2.75, 3.05) is 53.0 Å². The van der Waals surface area contributed by atoms with Gasteiger partial charge in [0, 0.05) is 58.1 Å². The van der Waals surface area contributed by atoms with Gasteiger partial charge in [-0.2, -0.15) is 0 Å². The van der Waals surface area contributed by atoms with E-state index in [1.54, 1.807) is 7.11 Å². The summed E-state index contributed by atoms with van der Waals surface area (Å²) in [6.45, 7) is 8.06. The van der Waals surface area contributed by atoms with E-state index in [4.69, 9.17) is 9.47 Å². The highest BCUT2D eigenvalue weighted by atomic mass is 16.5. The molecule has 0 radical (unpaired) electrons. The molecule has 2 saturated heterocycles. The first-order valence-corrected chi connectivity index (χ1v) is 8.29. The van der Waals surface area contributed by atoms with Crippen LogP contribution in [0.5, 0.6) is 0 Å². The van der Waals surface area contributed by atoms with Gasteiger partial charge in [-0.1, -0.05) is 0 Å². The van der Waals surface area contributed by atoms with Crippen LogP contribution in [-0.4, -0.2) is 73.9 Å². The van der Waals surface area contributed by atoms with Gasteiger partial charge in [0.15, 0.2) is 0 Å². The molecular formula is C17H27N3O2. The Hall–Kier alpha value is -1.01. The Morgan fingerprint density at radius 3 is 2.91 bits per heavy atom. The van der Waals surface area contributed by atoms with Crippen molar-refractivity contribution in [2.45, 2.75) is 19.1 Å². The van der Waals surface area contributed by atoms with Crippen LogP contribution in [0.2, 0.25) is 0 Å². The zero-order valence-electron chi connectivity index (χ0n) is 13.5. The Morgan fingerprint density at radius 2 is 2.09 bits per heavy atom. The minimum absolute atomic E-state index is 0.378. The number of aromatic nitrogens is 1. The molecular weight excluding hydrogens is 278 g/mol. The number of piperidine rings is 1. The van der Waals surface area contributed by atoms with Crippen LogP contribution < -0.4 is 0 Å². The molecule has 0 spiro atoms. The Morgan fingerprint density at radius 1 is 1.23 bits per heavy atom. The maximum Gasteiger partial charge on any atom is 0.0743 e. The van der Waals surface area contributed by atoms with Gasteiger partial charge in [-0.3, -0.25) is 14.8 Å². The molecule has 0 unspecified atom stereocenters. The monoisotopic (exact) mass is 305 g/mol. The quantitative estimate of drug-likeness (QED) is 0.818. The predicted molar refractivity (Wildman–Crippen MR) is 85.7 cm³/mol. The summed E-state index contributed by atoms with van der Waals surface area (Å²) in [5.41, 5.74) is 1.34. The third-order valence-corrected chi connectivity index (χ3v) is 4.78. The molecule has 1 aromatic rings. The molecule has 0 N–H and O–H groups in total. The predicted octanol–water partition coefficient (Wildman–Crippen LogP) is 1.25. The van der Waals surface area contributed by atoms with Gasteiger partial charge in [-0.05, 0) is 30.7 Å². The third-order valence-electron chi connectivity index (χ3n) is 4.78. The number of ether oxygens (including phenoxy) is 2. The molecule has 1 aromatic heterocycles. The molecule has 2 atom stereocenters. The summed E-state index contributed by atoms with van der Waals surface area (Å²) in [5.74, 6) is 0.660. The Balaban J connectivity index is 1.53. The van der Waals surface area contributed by atoms with Crippen molar-refractivity contribution in [3.8, 4) is 0 Å². The number of fused-ring (bicyclic) bond motifs is 1. The summed E-state index contributed by atoms with van der Waals surface area (Å²) in [6, 6.07) is 4.21. The first-order chi connectivity index (χ1) is 10.8. The molecule has 5 heteroatoms. The molecule has 0 aromatic carbocycles. The number of pyridine rings is 1. The van der Waals surface area contributed by atoms with Gasteiger partial charge >= 0.3 is 0 Å². The molecule has 2 aliphatic rings. The van der Waals surface area contributed by atoms with Crippen LogP contribution >= 0.6 is 0 Å². The van der Waals surface area contributed by atoms with E-state index in [1.807, 2.05) is 12.4 Å². The van der Waals surface area contributed by atoms with Crippen molar-refractivity contribution in [3.05, 3.63) is 30.1 Å². The van der Waals surface area contributed by atoms with Crippen LogP contribution in [0.4, 0.5) is 0 Å². The first kappa shape index (κ1) is 15.9. The molecule has 122 valence electrons. The highest BCUT2D eigenvalue weighted by Gasteiger charge is 2.33. The fraction of sp³-hybridized carbons (Fsp3) is 0.706. The highest BCUT2D eigenvalue weighted by Crippen LogP contribution is 2.25. The normalized spacial score (nSPS) is 27.3. The van der Waals surface area contributed by atoms with Crippen molar-refractivity contribution in [1.29, 1.82) is 0 Å². The molecule has 3 rings (SSSR count). The molecule has 2 fully saturated rings. The summed E-state index contributed by atoms with van der Waals surface area (Å²) < 4.78 is 11.4. The van der Waals surface area contributed by atoms with E-state index in [-0.39, 0.29) is 0 Å². The molecule has 0 amide bonds. The number of hydrogen-bond donors (Lipinski definition) is 0. The molecule has 5 nitrogen and oxygen atoms in total. The standard InChI is InChI=1S/C17H27N3O2/c1-21-10-8-19-9-11-22-17-14-20(7-4-16(17)13-19)12-15-2-5-18-6-3-15/h2-3,5-6,16-17H,4,7-14H2,1H3/t16-,17-/m0/s1. The Labute approximate surface area is 133 Å². The van der Waals surface area contributed by atoms with E-state index in [9.17, 15) is 0 Å². The van der Waals surface area contributed by atoms with Gasteiger partial charge < -0.3 is 9.47 Å². The van der Waals surface area contributed by atoms with Crippen LogP contribution in [0.25, 0.3) is 0 Å². The molecule has 2 aliphatic heterocycles. The van der Waals surface area contributed by atoms with Gasteiger partial charge in [0.25, 0.3) is 0 Å². The van der Waals surface area contributed by atoms with Gasteiger partial charge in [-0.25, -0.2) is 0 Å². The maximum atomic E-state index is 6.15. The van der Waals surface area contributed by atoms with Gasteiger partial charge in [0.05, 0.1) is 19.3 Å². The lowest BCUT2D eigenvalue weighted by molar-refractivity contribution is -0.0242. The largest absolute Gasteiger partial charge is 0.383 e. The van der Waals surface area contributed by atoms with E-state index < -0.39 is 0 Å². The second kappa shape index (κ2) is 8.02. The SMILES string of the molecule is COCCN1CCO[C@H]2CN(Cc3ccncc3)CC[C@H]2C1. The fourth-order valence-corrected chi connectivity index (χ4v) is 3.50. The minimum Gasteiger partial charge on any atom is -0.383 e. The summed E-state index contributed by atoms with van der Waals surface area (Å²) in [4.78, 5) is 9.10. The Kier molecular flexibility index (Phi) is 5.78. The van der Waals surface area contributed by atoms with E-state index in [0.717, 1.165) is 52.5 Å². The van der Waals surface area contributed by atoms with Crippen molar-refractivity contribution in [1.82, 2.24) is 14.8 Å². The first-order valence-electron chi connectivity index (χ1n) is 8.29. The average molecular weight is 305 g/mol. The molecule has 22 heavy (non-hydrogen) atoms. The van der Waals surface area contributed by atoms with Crippen molar-refractivity contribution >= 4 is 0 Å². The molecule has 0 aliphatic carbocycles. The lowest BCUT2D eigenvalue weighted by Crippen LogP contribution is -2.46. The fourth-order valence-electron chi connectivity index (χ4n) is 3.50. The maximum absolute atomic E-state index is 6.15. The van der Waals surface area contributed by atoms with Gasteiger partial charge in [-0.15, -0.1) is 0 Å². The number of methoxy groups -OCH3 is 1. The van der Waals surface area contributed by atoms with Crippen LogP contribution in [0.3, 0.4) is 0 Å². The van der Waals surface area contributed by atoms with Crippen molar-refractivity contribution in [2.24, 2.45) is 5.92 Å². The number of rotatable bonds is 5. The van der Waals surface area contributed by atoms with Crippen LogP contribution in [0, 0.1) is 5.92 Å². The van der Waals surface area contributed by atoms with Gasteiger partial charge in [0.2, 0.25) is 0 Å². The summed E-state index contributed by atoms with van der Waals surface area (Å²) in [5, 5.41) is 0. The summed E-state index contributed by atoms with van der Waals surface area (Å²) in [6.07, 6.45) is 5.35. The van der Waals surface area contributed by atoms with E-state index >= 15 is 0 Å². The minimum atomic E-state index is 0.378. The topological polar surface area (TPSA) is 37.8 Å². The van der Waals surface area contributed by atoms with Crippen molar-refractivity contribution < 1.29 is 9.47 Å². The number of nitrogens with zero attached hydrogens (tertiary/aromatic N) is 3. The highest BCUT2D eigenvalue weighted by molar-refractivity contribution is 5.09. The molecule has 0 saturated carbocycles. The lowest BCUT2D eigenvalue weighted by atomic mass is 9.93. The summed E-state index contributed by atoms with van der Waals surface area (Å²) in [7, 11) is 1.77. The van der Waals surface area contributed by atoms with Gasteiger partial charge in [0.1, 0.15) is 0 Å². The average Bonchev–Trinajstić information content (AvgIpc) is 2.75. The van der Waals surface area contributed by atoms with Crippen molar-refractivity contribution in [3.63, 3.8) is 0 Å². The summed E-state index contributed by atoms with van der Waals surface area (Å²) >= 11 is 0. The lowest BCUT2D eigenvalue weighted by Gasteiger charge is -2.38. The number of hydrogen-bond acceptors (Lipinski definition) is 5. The van der Waals surface area contributed by atoms with E-state index in [2.05, 4.69) is 26.9 Å². The van der Waals surface area contributed by atoms with Crippen LogP contribution in [-0.2, 0) is 16.0 Å². The third kappa shape index (κ3) is 4.26. The smallest absolute Gasteiger partial charge is 0.0743 e. The molecule has 0 bridgehead atoms. The zero-order chi connectivity index (χ0) is 15.2. The molecule has 3 heterocycles. The van der Waals surface area contributed by atoms with Crippen LogP contribution in [0.15, 0.2) is 24.5 Å².